The number of hydrogen-bond acceptors (Lipinski definition) is 3. The van der Waals surface area contributed by atoms with Gasteiger partial charge in [0.25, 0.3) is 0 Å². The number of benzene rings is 1. The van der Waals surface area contributed by atoms with E-state index in [1.165, 1.54) is 7.11 Å². The number of Topliss-reactive ketones (excluding diaryl/α,β-unsaturated/α-hetero) is 1. The van der Waals surface area contributed by atoms with Crippen LogP contribution in [0.15, 0.2) is 12.1 Å². The van der Waals surface area contributed by atoms with Gasteiger partial charge in [-0.25, -0.2) is 0 Å². The minimum atomic E-state index is -0.0666. The van der Waals surface area contributed by atoms with E-state index in [4.69, 9.17) is 10.5 Å². The minimum Gasteiger partial charge on any atom is -0.496 e. The number of hydrogen-bond donors (Lipinski definition) is 1. The van der Waals surface area contributed by atoms with Crippen molar-refractivity contribution in [3.8, 4) is 5.75 Å². The number of aryl methyl sites for hydroxylation is 1. The van der Waals surface area contributed by atoms with Crippen molar-refractivity contribution in [2.24, 2.45) is 0 Å². The average molecular weight is 258 g/mol. The monoisotopic (exact) mass is 257 g/mol. The van der Waals surface area contributed by atoms with E-state index in [1.807, 2.05) is 13.0 Å². The molecular formula is C10H12BrNO2. The predicted molar refractivity (Wildman–Crippen MR) is 60.3 cm³/mol. The van der Waals surface area contributed by atoms with Crippen LogP contribution in [0.4, 0.5) is 5.69 Å². The Morgan fingerprint density at radius 1 is 1.57 bits per heavy atom. The molecule has 0 heterocycles. The largest absolute Gasteiger partial charge is 0.496 e. The molecule has 0 bridgehead atoms. The summed E-state index contributed by atoms with van der Waals surface area (Å²) in [5.74, 6) is 0.459. The second-order valence-corrected chi connectivity index (χ2v) is 3.49. The van der Waals surface area contributed by atoms with Crippen molar-refractivity contribution in [1.82, 2.24) is 0 Å². The molecule has 0 aromatic heterocycles. The molecule has 14 heavy (non-hydrogen) atoms. The third-order valence-corrected chi connectivity index (χ3v) is 2.55. The highest BCUT2D eigenvalue weighted by Gasteiger charge is 2.15. The molecule has 0 saturated carbocycles. The zero-order valence-electron chi connectivity index (χ0n) is 8.13. The van der Waals surface area contributed by atoms with Gasteiger partial charge in [-0.05, 0) is 18.6 Å². The summed E-state index contributed by atoms with van der Waals surface area (Å²) in [5.41, 5.74) is 7.65. The molecule has 0 aliphatic rings. The Labute approximate surface area is 91.4 Å². The highest BCUT2D eigenvalue weighted by atomic mass is 79.9. The van der Waals surface area contributed by atoms with Crippen LogP contribution in [0.3, 0.4) is 0 Å². The second-order valence-electron chi connectivity index (χ2n) is 2.93. The van der Waals surface area contributed by atoms with Gasteiger partial charge in [0.05, 0.1) is 18.0 Å². The summed E-state index contributed by atoms with van der Waals surface area (Å²) in [6.45, 7) is 1.86. The molecule has 0 aliphatic heterocycles. The molecule has 2 N–H and O–H groups in total. The molecule has 4 heteroatoms. The lowest BCUT2D eigenvalue weighted by molar-refractivity contribution is 0.102. The van der Waals surface area contributed by atoms with Crippen LogP contribution >= 0.6 is 15.9 Å². The van der Waals surface area contributed by atoms with E-state index >= 15 is 0 Å². The van der Waals surface area contributed by atoms with Gasteiger partial charge in [0, 0.05) is 5.69 Å². The lowest BCUT2D eigenvalue weighted by atomic mass is 10.0. The minimum absolute atomic E-state index is 0.0666. The van der Waals surface area contributed by atoms with Crippen molar-refractivity contribution in [2.45, 2.75) is 6.92 Å². The fraction of sp³-hybridized carbons (Fsp3) is 0.300. The van der Waals surface area contributed by atoms with Crippen LogP contribution in [0.25, 0.3) is 0 Å². The zero-order chi connectivity index (χ0) is 10.7. The number of methoxy groups -OCH3 is 1. The third kappa shape index (κ3) is 1.90. The van der Waals surface area contributed by atoms with Crippen LogP contribution in [-0.4, -0.2) is 18.2 Å². The summed E-state index contributed by atoms with van der Waals surface area (Å²) in [6, 6.07) is 3.58. The molecule has 1 aromatic carbocycles. The molecule has 76 valence electrons. The van der Waals surface area contributed by atoms with Crippen molar-refractivity contribution in [1.29, 1.82) is 0 Å². The molecule has 0 fully saturated rings. The van der Waals surface area contributed by atoms with Gasteiger partial charge in [-0.3, -0.25) is 4.79 Å². The predicted octanol–water partition coefficient (Wildman–Crippen LogP) is 2.16. The third-order valence-electron chi connectivity index (χ3n) is 2.05. The van der Waals surface area contributed by atoms with E-state index in [2.05, 4.69) is 15.9 Å². The first-order valence-electron chi connectivity index (χ1n) is 4.14. The van der Waals surface area contributed by atoms with Crippen LogP contribution in [-0.2, 0) is 0 Å². The van der Waals surface area contributed by atoms with E-state index in [-0.39, 0.29) is 11.1 Å². The van der Waals surface area contributed by atoms with Crippen molar-refractivity contribution < 1.29 is 9.53 Å². The molecular weight excluding hydrogens is 246 g/mol. The van der Waals surface area contributed by atoms with E-state index in [9.17, 15) is 4.79 Å². The summed E-state index contributed by atoms with van der Waals surface area (Å²) in [7, 11) is 1.52. The standard InChI is InChI=1S/C10H12BrNO2/c1-6-3-4-8(14-2)9(10(6)12)7(13)5-11/h3-4H,5,12H2,1-2H3. The van der Waals surface area contributed by atoms with Crippen LogP contribution in [0.5, 0.6) is 5.75 Å². The maximum absolute atomic E-state index is 11.6. The average Bonchev–Trinajstić information content (AvgIpc) is 2.20. The normalized spacial score (nSPS) is 9.93. The second kappa shape index (κ2) is 4.46. The molecule has 0 unspecified atom stereocenters. The summed E-state index contributed by atoms with van der Waals surface area (Å²) in [5, 5.41) is 0.247. The maximum Gasteiger partial charge on any atom is 0.179 e. The highest BCUT2D eigenvalue weighted by Crippen LogP contribution is 2.28. The molecule has 0 spiro atoms. The SMILES string of the molecule is COc1ccc(C)c(N)c1C(=O)CBr. The van der Waals surface area contributed by atoms with E-state index < -0.39 is 0 Å². The van der Waals surface area contributed by atoms with E-state index in [1.54, 1.807) is 6.07 Å². The van der Waals surface area contributed by atoms with Gasteiger partial charge in [0.15, 0.2) is 5.78 Å². The lowest BCUT2D eigenvalue weighted by Gasteiger charge is -2.11. The van der Waals surface area contributed by atoms with Gasteiger partial charge < -0.3 is 10.5 Å². The fourth-order valence-electron chi connectivity index (χ4n) is 1.23. The van der Waals surface area contributed by atoms with Crippen molar-refractivity contribution in [2.75, 3.05) is 18.2 Å². The smallest absolute Gasteiger partial charge is 0.179 e. The van der Waals surface area contributed by atoms with Crippen LogP contribution in [0.2, 0.25) is 0 Å². The molecule has 0 atom stereocenters. The summed E-state index contributed by atoms with van der Waals surface area (Å²) in [6.07, 6.45) is 0. The Kier molecular flexibility index (Phi) is 3.52. The van der Waals surface area contributed by atoms with Crippen LogP contribution < -0.4 is 10.5 Å². The van der Waals surface area contributed by atoms with E-state index in [0.717, 1.165) is 5.56 Å². The Morgan fingerprint density at radius 2 is 2.21 bits per heavy atom. The first kappa shape index (κ1) is 11.0. The number of carbonyl (C=O) groups is 1. The van der Waals surface area contributed by atoms with Gasteiger partial charge in [0.1, 0.15) is 5.75 Å². The number of anilines is 1. The van der Waals surface area contributed by atoms with Gasteiger partial charge >= 0.3 is 0 Å². The molecule has 0 saturated heterocycles. The lowest BCUT2D eigenvalue weighted by Crippen LogP contribution is -2.08. The number of nitrogens with two attached hydrogens (primary N) is 1. The number of halogens is 1. The van der Waals surface area contributed by atoms with Gasteiger partial charge in [-0.15, -0.1) is 0 Å². The summed E-state index contributed by atoms with van der Waals surface area (Å²) in [4.78, 5) is 11.6. The number of alkyl halides is 1. The number of ether oxygens (including phenoxy) is 1. The topological polar surface area (TPSA) is 52.3 Å². The number of carbonyl (C=O) groups excluding carboxylic acids is 1. The fourth-order valence-corrected chi connectivity index (χ4v) is 1.51. The van der Waals surface area contributed by atoms with E-state index in [0.29, 0.717) is 17.0 Å². The number of rotatable bonds is 3. The van der Waals surface area contributed by atoms with Gasteiger partial charge in [-0.1, -0.05) is 22.0 Å². The molecule has 0 radical (unpaired) electrons. The zero-order valence-corrected chi connectivity index (χ0v) is 9.72. The Hall–Kier alpha value is -1.03. The summed E-state index contributed by atoms with van der Waals surface area (Å²) < 4.78 is 5.08. The van der Waals surface area contributed by atoms with Crippen molar-refractivity contribution in [3.05, 3.63) is 23.3 Å². The Morgan fingerprint density at radius 3 is 2.71 bits per heavy atom. The molecule has 0 aliphatic carbocycles. The van der Waals surface area contributed by atoms with Crippen molar-refractivity contribution in [3.63, 3.8) is 0 Å². The van der Waals surface area contributed by atoms with Gasteiger partial charge in [0.2, 0.25) is 0 Å². The summed E-state index contributed by atoms with van der Waals surface area (Å²) >= 11 is 3.11. The highest BCUT2D eigenvalue weighted by molar-refractivity contribution is 9.09. The molecule has 0 amide bonds. The van der Waals surface area contributed by atoms with Crippen LogP contribution in [0.1, 0.15) is 15.9 Å². The molecule has 3 nitrogen and oxygen atoms in total. The first-order chi connectivity index (χ1) is 6.61. The van der Waals surface area contributed by atoms with Gasteiger partial charge in [-0.2, -0.15) is 0 Å². The molecule has 1 aromatic rings. The number of nitrogen functional groups attached to an aromatic ring is 1. The number of ketones is 1. The Bertz CT molecular complexity index is 363. The maximum atomic E-state index is 11.6. The molecule has 1 rings (SSSR count). The van der Waals surface area contributed by atoms with Crippen LogP contribution in [0, 0.1) is 6.92 Å². The first-order valence-corrected chi connectivity index (χ1v) is 5.26. The van der Waals surface area contributed by atoms with Crippen molar-refractivity contribution >= 4 is 27.4 Å². The Balaban J connectivity index is 3.35. The quantitative estimate of drug-likeness (QED) is 0.513.